The van der Waals surface area contributed by atoms with Crippen LogP contribution in [0, 0.1) is 6.92 Å². The van der Waals surface area contributed by atoms with Crippen molar-refractivity contribution in [2.45, 2.75) is 39.5 Å². The lowest BCUT2D eigenvalue weighted by Crippen LogP contribution is -2.14. The Labute approximate surface area is 90.1 Å². The van der Waals surface area contributed by atoms with E-state index in [1.807, 2.05) is 20.8 Å². The second-order valence-corrected chi connectivity index (χ2v) is 3.53. The van der Waals surface area contributed by atoms with Gasteiger partial charge in [-0.2, -0.15) is 0 Å². The first kappa shape index (κ1) is 11.8. The van der Waals surface area contributed by atoms with Crippen LogP contribution >= 0.6 is 0 Å². The van der Waals surface area contributed by atoms with Crippen LogP contribution in [-0.2, 0) is 16.0 Å². The van der Waals surface area contributed by atoms with E-state index in [2.05, 4.69) is 9.97 Å². The molecule has 4 heteroatoms. The van der Waals surface area contributed by atoms with E-state index >= 15 is 0 Å². The van der Waals surface area contributed by atoms with Crippen LogP contribution in [0.25, 0.3) is 0 Å². The molecule has 84 valence electrons. The average molecular weight is 210 g/mol. The third-order valence-corrected chi connectivity index (χ3v) is 2.56. The van der Waals surface area contributed by atoms with Gasteiger partial charge in [-0.3, -0.25) is 4.79 Å². The van der Waals surface area contributed by atoms with Gasteiger partial charge in [-0.05, 0) is 19.8 Å². The van der Waals surface area contributed by atoms with Gasteiger partial charge in [0, 0.05) is 5.69 Å². The highest BCUT2D eigenvalue weighted by molar-refractivity contribution is 5.76. The Morgan fingerprint density at radius 1 is 1.53 bits per heavy atom. The van der Waals surface area contributed by atoms with Gasteiger partial charge in [0.2, 0.25) is 0 Å². The molecule has 0 bridgehead atoms. The number of rotatable bonds is 4. The fourth-order valence-corrected chi connectivity index (χ4v) is 1.64. The highest BCUT2D eigenvalue weighted by atomic mass is 16.5. The number of esters is 1. The molecule has 0 aliphatic carbocycles. The highest BCUT2D eigenvalue weighted by Crippen LogP contribution is 2.19. The summed E-state index contributed by atoms with van der Waals surface area (Å²) in [4.78, 5) is 19.0. The molecule has 1 atom stereocenters. The number of aryl methyl sites for hydroxylation is 2. The Balaban J connectivity index is 2.97. The number of methoxy groups -OCH3 is 1. The van der Waals surface area contributed by atoms with Gasteiger partial charge in [0.25, 0.3) is 0 Å². The minimum absolute atomic E-state index is 0.228. The van der Waals surface area contributed by atoms with Crippen LogP contribution in [0.2, 0.25) is 0 Å². The molecule has 15 heavy (non-hydrogen) atoms. The van der Waals surface area contributed by atoms with Crippen molar-refractivity contribution in [3.05, 3.63) is 17.2 Å². The fourth-order valence-electron chi connectivity index (χ4n) is 1.64. The minimum Gasteiger partial charge on any atom is -0.468 e. The van der Waals surface area contributed by atoms with E-state index in [1.165, 1.54) is 7.11 Å². The number of hydrogen-bond acceptors (Lipinski definition) is 3. The first-order chi connectivity index (χ1) is 7.13. The maximum Gasteiger partial charge on any atom is 0.316 e. The largest absolute Gasteiger partial charge is 0.468 e. The molecule has 0 aliphatic heterocycles. The number of nitrogens with one attached hydrogen (secondary N) is 1. The molecule has 4 nitrogen and oxygen atoms in total. The van der Waals surface area contributed by atoms with Crippen molar-refractivity contribution in [2.75, 3.05) is 7.11 Å². The summed E-state index contributed by atoms with van der Waals surface area (Å²) in [6.45, 7) is 5.97. The minimum atomic E-state index is -0.269. The summed E-state index contributed by atoms with van der Waals surface area (Å²) in [5, 5.41) is 0. The molecule has 1 rings (SSSR count). The molecule has 0 spiro atoms. The normalized spacial score (nSPS) is 12.5. The fraction of sp³-hybridized carbons (Fsp3) is 0.636. The molecule has 0 aliphatic rings. The van der Waals surface area contributed by atoms with Crippen molar-refractivity contribution in [3.8, 4) is 0 Å². The van der Waals surface area contributed by atoms with Crippen LogP contribution in [0.4, 0.5) is 0 Å². The van der Waals surface area contributed by atoms with Gasteiger partial charge in [-0.15, -0.1) is 0 Å². The predicted octanol–water partition coefficient (Wildman–Crippen LogP) is 1.95. The van der Waals surface area contributed by atoms with Gasteiger partial charge in [0.1, 0.15) is 11.7 Å². The Morgan fingerprint density at radius 3 is 2.60 bits per heavy atom. The van der Waals surface area contributed by atoms with E-state index in [4.69, 9.17) is 4.74 Å². The summed E-state index contributed by atoms with van der Waals surface area (Å²) in [7, 11) is 1.40. The molecule has 1 N–H and O–H groups in total. The van der Waals surface area contributed by atoms with E-state index in [9.17, 15) is 4.79 Å². The number of carbonyl (C=O) groups is 1. The van der Waals surface area contributed by atoms with Crippen molar-refractivity contribution in [3.63, 3.8) is 0 Å². The molecule has 0 aromatic carbocycles. The zero-order valence-corrected chi connectivity index (χ0v) is 9.76. The number of H-pyrrole nitrogens is 1. The summed E-state index contributed by atoms with van der Waals surface area (Å²) >= 11 is 0. The molecular formula is C11H18N2O2. The molecule has 1 aromatic heterocycles. The number of nitrogens with zero attached hydrogens (tertiary/aromatic N) is 1. The lowest BCUT2D eigenvalue weighted by Gasteiger charge is -2.08. The van der Waals surface area contributed by atoms with Crippen LogP contribution < -0.4 is 0 Å². The topological polar surface area (TPSA) is 55.0 Å². The number of imidazole rings is 1. The van der Waals surface area contributed by atoms with Crippen LogP contribution in [-0.4, -0.2) is 23.0 Å². The summed E-state index contributed by atoms with van der Waals surface area (Å²) in [5.41, 5.74) is 2.06. The number of aromatic nitrogens is 2. The van der Waals surface area contributed by atoms with Crippen LogP contribution in [0.3, 0.4) is 0 Å². The first-order valence-corrected chi connectivity index (χ1v) is 5.27. The second-order valence-electron chi connectivity index (χ2n) is 3.53. The Kier molecular flexibility index (Phi) is 3.88. The molecule has 0 radical (unpaired) electrons. The molecule has 1 heterocycles. The zero-order chi connectivity index (χ0) is 11.4. The van der Waals surface area contributed by atoms with Gasteiger partial charge >= 0.3 is 5.97 Å². The Hall–Kier alpha value is -1.32. The maximum atomic E-state index is 11.5. The van der Waals surface area contributed by atoms with Gasteiger partial charge in [0.05, 0.1) is 12.8 Å². The number of hydrogen-bond donors (Lipinski definition) is 1. The number of carbonyl (C=O) groups excluding carboxylic acids is 1. The molecule has 0 saturated carbocycles. The van der Waals surface area contributed by atoms with Crippen LogP contribution in [0.15, 0.2) is 0 Å². The first-order valence-electron chi connectivity index (χ1n) is 5.27. The smallest absolute Gasteiger partial charge is 0.316 e. The quantitative estimate of drug-likeness (QED) is 0.773. The second kappa shape index (κ2) is 4.96. The molecule has 0 fully saturated rings. The molecular weight excluding hydrogens is 192 g/mol. The number of ether oxygens (including phenoxy) is 1. The summed E-state index contributed by atoms with van der Waals surface area (Å²) < 4.78 is 4.74. The van der Waals surface area contributed by atoms with Gasteiger partial charge in [0.15, 0.2) is 0 Å². The SMILES string of the molecule is CCc1nc(C(CC)C(=O)OC)[nH]c1C. The van der Waals surface area contributed by atoms with Crippen molar-refractivity contribution in [1.29, 1.82) is 0 Å². The van der Waals surface area contributed by atoms with Crippen molar-refractivity contribution >= 4 is 5.97 Å². The van der Waals surface area contributed by atoms with Gasteiger partial charge < -0.3 is 9.72 Å². The molecule has 0 amide bonds. The standard InChI is InChI=1S/C11H18N2O2/c1-5-8(11(14)15-4)10-12-7(3)9(6-2)13-10/h8H,5-6H2,1-4H3,(H,12,13). The van der Waals surface area contributed by atoms with Crippen LogP contribution in [0.5, 0.6) is 0 Å². The predicted molar refractivity (Wildman–Crippen MR) is 57.8 cm³/mol. The van der Waals surface area contributed by atoms with E-state index in [1.54, 1.807) is 0 Å². The lowest BCUT2D eigenvalue weighted by molar-refractivity contribution is -0.142. The summed E-state index contributed by atoms with van der Waals surface area (Å²) in [6, 6.07) is 0. The van der Waals surface area contributed by atoms with E-state index in [-0.39, 0.29) is 11.9 Å². The van der Waals surface area contributed by atoms with E-state index in [0.717, 1.165) is 23.6 Å². The third-order valence-electron chi connectivity index (χ3n) is 2.56. The van der Waals surface area contributed by atoms with E-state index in [0.29, 0.717) is 6.42 Å². The van der Waals surface area contributed by atoms with Crippen molar-refractivity contribution in [2.24, 2.45) is 0 Å². The Morgan fingerprint density at radius 2 is 2.20 bits per heavy atom. The molecule has 1 unspecified atom stereocenters. The highest BCUT2D eigenvalue weighted by Gasteiger charge is 2.23. The van der Waals surface area contributed by atoms with Crippen LogP contribution in [0.1, 0.15) is 43.4 Å². The molecule has 0 saturated heterocycles. The zero-order valence-electron chi connectivity index (χ0n) is 9.76. The van der Waals surface area contributed by atoms with Crippen molar-refractivity contribution in [1.82, 2.24) is 9.97 Å². The average Bonchev–Trinajstić information content (AvgIpc) is 2.60. The van der Waals surface area contributed by atoms with Crippen molar-refractivity contribution < 1.29 is 9.53 Å². The maximum absolute atomic E-state index is 11.5. The summed E-state index contributed by atoms with van der Waals surface area (Å²) in [5.74, 6) is 0.224. The molecule has 1 aromatic rings. The third kappa shape index (κ3) is 2.37. The lowest BCUT2D eigenvalue weighted by atomic mass is 10.1. The van der Waals surface area contributed by atoms with Gasteiger partial charge in [-0.1, -0.05) is 13.8 Å². The Bertz CT molecular complexity index is 344. The van der Waals surface area contributed by atoms with E-state index < -0.39 is 0 Å². The number of aromatic amines is 1. The van der Waals surface area contributed by atoms with Gasteiger partial charge in [-0.25, -0.2) is 4.98 Å². The summed E-state index contributed by atoms with van der Waals surface area (Å²) in [6.07, 6.45) is 1.57. The monoisotopic (exact) mass is 210 g/mol.